The van der Waals surface area contributed by atoms with Crippen molar-refractivity contribution in [3.8, 4) is 0 Å². The minimum atomic E-state index is -0.889. The van der Waals surface area contributed by atoms with E-state index in [1.165, 1.54) is 7.11 Å². The first-order valence-electron chi connectivity index (χ1n) is 3.54. The molecule has 12 heavy (non-hydrogen) atoms. The third-order valence-corrected chi connectivity index (χ3v) is 0.701. The fraction of sp³-hybridized carbons (Fsp3) is 0.857. The van der Waals surface area contributed by atoms with Crippen molar-refractivity contribution in [2.45, 2.75) is 19.9 Å². The van der Waals surface area contributed by atoms with Crippen LogP contribution in [-0.2, 0) is 9.53 Å². The number of aliphatic hydroxyl groups is 1. The molecule has 0 aromatic rings. The van der Waals surface area contributed by atoms with Gasteiger partial charge in [-0.3, -0.25) is 9.18 Å². The molecule has 0 saturated heterocycles. The Morgan fingerprint density at radius 1 is 1.58 bits per heavy atom. The molecule has 0 aliphatic carbocycles. The van der Waals surface area contributed by atoms with Crippen LogP contribution in [0.15, 0.2) is 0 Å². The summed E-state index contributed by atoms with van der Waals surface area (Å²) in [6.07, 6.45) is 0. The third-order valence-electron chi connectivity index (χ3n) is 0.701. The minimum Gasteiger partial charge on any atom is -0.468 e. The number of halogens is 1. The van der Waals surface area contributed by atoms with Gasteiger partial charge in [0.05, 0.1) is 20.9 Å². The monoisotopic (exact) mass is 183 g/mol. The van der Waals surface area contributed by atoms with E-state index in [-0.39, 0.29) is 6.61 Å². The molecule has 0 aliphatic rings. The zero-order chi connectivity index (χ0) is 10.6. The summed E-state index contributed by atoms with van der Waals surface area (Å²) in [5.74, 6) is -0.590. The van der Waals surface area contributed by atoms with E-state index in [4.69, 9.17) is 10.8 Å². The Balaban J connectivity index is -0.000000175. The van der Waals surface area contributed by atoms with Crippen molar-refractivity contribution in [3.05, 3.63) is 0 Å². The summed E-state index contributed by atoms with van der Waals surface area (Å²) in [7, 11) is 1.72. The highest BCUT2D eigenvalue weighted by molar-refractivity contribution is 5.75. The standard InChI is InChI=1S/C4H9NO3.C2H6.CH3F/c1-8-4(7)3(5)2-6;2*1-2/h3,6H,2,5H2,1H3;1-2H3;1H3. The van der Waals surface area contributed by atoms with Gasteiger partial charge in [0.25, 0.3) is 0 Å². The van der Waals surface area contributed by atoms with E-state index in [0.717, 1.165) is 0 Å². The average molecular weight is 183 g/mol. The molecule has 0 aromatic heterocycles. The van der Waals surface area contributed by atoms with Gasteiger partial charge < -0.3 is 15.6 Å². The Morgan fingerprint density at radius 3 is 2.00 bits per heavy atom. The third kappa shape index (κ3) is 12.0. The molecular formula is C7H18FNO3. The second kappa shape index (κ2) is 16.7. The Bertz CT molecular complexity index is 90.7. The number of alkyl halides is 1. The molecule has 0 spiro atoms. The number of methoxy groups -OCH3 is 1. The number of rotatable bonds is 2. The Hall–Kier alpha value is -0.680. The largest absolute Gasteiger partial charge is 0.468 e. The van der Waals surface area contributed by atoms with Crippen LogP contribution >= 0.6 is 0 Å². The number of ether oxygens (including phenoxy) is 1. The number of esters is 1. The predicted molar refractivity (Wildman–Crippen MR) is 45.5 cm³/mol. The molecule has 0 saturated carbocycles. The van der Waals surface area contributed by atoms with Gasteiger partial charge in [-0.05, 0) is 0 Å². The SMILES string of the molecule is CC.CF.COC(=O)C(N)CO. The van der Waals surface area contributed by atoms with Crippen LogP contribution in [0, 0.1) is 0 Å². The van der Waals surface area contributed by atoms with E-state index in [9.17, 15) is 9.18 Å². The molecule has 4 nitrogen and oxygen atoms in total. The predicted octanol–water partition coefficient (Wildman–Crippen LogP) is 0.0909. The maximum absolute atomic E-state index is 10.2. The van der Waals surface area contributed by atoms with Crippen molar-refractivity contribution in [2.75, 3.05) is 20.9 Å². The van der Waals surface area contributed by atoms with Crippen molar-refractivity contribution in [2.24, 2.45) is 5.73 Å². The lowest BCUT2D eigenvalue weighted by molar-refractivity contribution is -0.143. The first-order chi connectivity index (χ1) is 5.72. The molecule has 3 N–H and O–H groups in total. The lowest BCUT2D eigenvalue weighted by Gasteiger charge is -2.02. The lowest BCUT2D eigenvalue weighted by atomic mass is 10.3. The number of hydrogen-bond donors (Lipinski definition) is 2. The Morgan fingerprint density at radius 2 is 1.92 bits per heavy atom. The number of carbonyl (C=O) groups is 1. The van der Waals surface area contributed by atoms with Gasteiger partial charge in [-0.25, -0.2) is 0 Å². The van der Waals surface area contributed by atoms with Crippen LogP contribution in [0.2, 0.25) is 0 Å². The van der Waals surface area contributed by atoms with Gasteiger partial charge in [0, 0.05) is 0 Å². The fourth-order valence-corrected chi connectivity index (χ4v) is 0.226. The van der Waals surface area contributed by atoms with Gasteiger partial charge in [-0.1, -0.05) is 13.8 Å². The minimum absolute atomic E-state index is 0.368. The fourth-order valence-electron chi connectivity index (χ4n) is 0.226. The lowest BCUT2D eigenvalue weighted by Crippen LogP contribution is -2.34. The van der Waals surface area contributed by atoms with Crippen LogP contribution < -0.4 is 5.73 Å². The molecule has 0 radical (unpaired) electrons. The van der Waals surface area contributed by atoms with E-state index in [0.29, 0.717) is 7.18 Å². The molecule has 0 bridgehead atoms. The normalized spacial score (nSPS) is 9.58. The van der Waals surface area contributed by atoms with Crippen LogP contribution in [0.3, 0.4) is 0 Å². The summed E-state index contributed by atoms with van der Waals surface area (Å²) in [5, 5.41) is 8.21. The van der Waals surface area contributed by atoms with Crippen LogP contribution in [-0.4, -0.2) is 38.0 Å². The molecule has 0 heterocycles. The maximum Gasteiger partial charge on any atom is 0.325 e. The van der Waals surface area contributed by atoms with Gasteiger partial charge in [0.15, 0.2) is 0 Å². The Labute approximate surface area is 72.5 Å². The topological polar surface area (TPSA) is 72.5 Å². The molecule has 0 amide bonds. The molecule has 0 fully saturated rings. The highest BCUT2D eigenvalue weighted by Gasteiger charge is 2.10. The summed E-state index contributed by atoms with van der Waals surface area (Å²) in [5.41, 5.74) is 5.00. The van der Waals surface area contributed by atoms with E-state index in [2.05, 4.69) is 4.74 Å². The number of nitrogens with two attached hydrogens (primary N) is 1. The molecule has 0 aliphatic heterocycles. The van der Waals surface area contributed by atoms with Crippen molar-refractivity contribution in [3.63, 3.8) is 0 Å². The molecule has 5 heteroatoms. The molecule has 1 unspecified atom stereocenters. The molecule has 76 valence electrons. The second-order valence-corrected chi connectivity index (χ2v) is 1.31. The molecule has 1 atom stereocenters. The summed E-state index contributed by atoms with van der Waals surface area (Å²) >= 11 is 0. The van der Waals surface area contributed by atoms with Crippen LogP contribution in [0.4, 0.5) is 4.39 Å². The van der Waals surface area contributed by atoms with Crippen molar-refractivity contribution in [1.29, 1.82) is 0 Å². The van der Waals surface area contributed by atoms with Crippen molar-refractivity contribution in [1.82, 2.24) is 0 Å². The Kier molecular flexibility index (Phi) is 24.3. The van der Waals surface area contributed by atoms with Crippen LogP contribution in [0.1, 0.15) is 13.8 Å². The summed E-state index contributed by atoms with van der Waals surface area (Å²) < 4.78 is 13.7. The summed E-state index contributed by atoms with van der Waals surface area (Å²) in [6, 6.07) is -0.889. The van der Waals surface area contributed by atoms with E-state index in [1.54, 1.807) is 0 Å². The van der Waals surface area contributed by atoms with E-state index in [1.807, 2.05) is 13.8 Å². The quantitative estimate of drug-likeness (QED) is 0.595. The second-order valence-electron chi connectivity index (χ2n) is 1.31. The number of aliphatic hydroxyl groups excluding tert-OH is 1. The van der Waals surface area contributed by atoms with Gasteiger partial charge in [-0.15, -0.1) is 0 Å². The van der Waals surface area contributed by atoms with Gasteiger partial charge >= 0.3 is 5.97 Å². The smallest absolute Gasteiger partial charge is 0.325 e. The van der Waals surface area contributed by atoms with Crippen LogP contribution in [0.5, 0.6) is 0 Å². The van der Waals surface area contributed by atoms with E-state index >= 15 is 0 Å². The molecule has 0 aromatic carbocycles. The van der Waals surface area contributed by atoms with Gasteiger partial charge in [0.1, 0.15) is 6.04 Å². The number of hydrogen-bond acceptors (Lipinski definition) is 4. The van der Waals surface area contributed by atoms with Crippen molar-refractivity contribution < 1.29 is 19.0 Å². The zero-order valence-electron chi connectivity index (χ0n) is 8.00. The molecular weight excluding hydrogens is 165 g/mol. The van der Waals surface area contributed by atoms with Crippen molar-refractivity contribution >= 4 is 5.97 Å². The highest BCUT2D eigenvalue weighted by atomic mass is 19.1. The zero-order valence-corrected chi connectivity index (χ0v) is 8.00. The summed E-state index contributed by atoms with van der Waals surface area (Å²) in [6.45, 7) is 3.63. The first-order valence-corrected chi connectivity index (χ1v) is 3.54. The van der Waals surface area contributed by atoms with Gasteiger partial charge in [-0.2, -0.15) is 0 Å². The van der Waals surface area contributed by atoms with Gasteiger partial charge in [0.2, 0.25) is 0 Å². The van der Waals surface area contributed by atoms with Crippen LogP contribution in [0.25, 0.3) is 0 Å². The first kappa shape index (κ1) is 17.4. The maximum atomic E-state index is 10.2. The molecule has 0 rings (SSSR count). The average Bonchev–Trinajstić information content (AvgIpc) is 2.21. The highest BCUT2D eigenvalue weighted by Crippen LogP contribution is 1.78. The summed E-state index contributed by atoms with van der Waals surface area (Å²) in [4.78, 5) is 10.2. The number of carbonyl (C=O) groups excluding carboxylic acids is 1. The van der Waals surface area contributed by atoms with E-state index < -0.39 is 12.0 Å².